The second-order valence-corrected chi connectivity index (χ2v) is 5.06. The Labute approximate surface area is 118 Å². The highest BCUT2D eigenvalue weighted by Crippen LogP contribution is 2.10. The number of hydrogen-bond donors (Lipinski definition) is 1. The number of aliphatic hydroxyl groups is 1. The van der Waals surface area contributed by atoms with Crippen molar-refractivity contribution in [3.8, 4) is 11.8 Å². The van der Waals surface area contributed by atoms with E-state index in [0.717, 1.165) is 31.2 Å². The number of benzene rings is 1. The Bertz CT molecular complexity index is 372. The molecule has 1 N–H and O–H groups in total. The zero-order valence-electron chi connectivity index (χ0n) is 12.1. The molecule has 0 spiro atoms. The van der Waals surface area contributed by atoms with E-state index in [1.165, 1.54) is 25.7 Å². The minimum atomic E-state index is -0.174. The van der Waals surface area contributed by atoms with Crippen LogP contribution >= 0.6 is 0 Å². The fourth-order valence-corrected chi connectivity index (χ4v) is 2.05. The van der Waals surface area contributed by atoms with E-state index >= 15 is 0 Å². The van der Waals surface area contributed by atoms with Crippen LogP contribution in [-0.4, -0.2) is 11.2 Å². The monoisotopic (exact) mass is 258 g/mol. The second kappa shape index (κ2) is 10.6. The third-order valence-electron chi connectivity index (χ3n) is 3.25. The van der Waals surface area contributed by atoms with Crippen LogP contribution < -0.4 is 0 Å². The van der Waals surface area contributed by atoms with Crippen LogP contribution in [-0.2, 0) is 0 Å². The predicted molar refractivity (Wildman–Crippen MR) is 81.9 cm³/mol. The number of aliphatic hydroxyl groups excluding tert-OH is 1. The molecule has 104 valence electrons. The van der Waals surface area contributed by atoms with Crippen molar-refractivity contribution in [2.24, 2.45) is 0 Å². The van der Waals surface area contributed by atoms with Gasteiger partial charge in [-0.15, -0.1) is 0 Å². The van der Waals surface area contributed by atoms with Gasteiger partial charge >= 0.3 is 0 Å². The van der Waals surface area contributed by atoms with Gasteiger partial charge in [-0.2, -0.15) is 0 Å². The minimum absolute atomic E-state index is 0.174. The summed E-state index contributed by atoms with van der Waals surface area (Å²) in [6, 6.07) is 10.0. The first-order valence-corrected chi connectivity index (χ1v) is 7.55. The summed E-state index contributed by atoms with van der Waals surface area (Å²) in [5.41, 5.74) is 1.05. The standard InChI is InChI=1S/C18H26O/c1-2-3-4-5-9-15-18(19)16-11-10-14-17-12-7-6-8-13-17/h6-8,12-13,18-19H,2-5,9,11,15-16H2,1H3. The highest BCUT2D eigenvalue weighted by atomic mass is 16.3. The number of hydrogen-bond acceptors (Lipinski definition) is 1. The van der Waals surface area contributed by atoms with Gasteiger partial charge in [0.15, 0.2) is 0 Å². The van der Waals surface area contributed by atoms with Crippen LogP contribution in [0.15, 0.2) is 30.3 Å². The third-order valence-corrected chi connectivity index (χ3v) is 3.25. The molecule has 0 radical (unpaired) electrons. The van der Waals surface area contributed by atoms with Gasteiger partial charge in [-0.25, -0.2) is 0 Å². The maximum Gasteiger partial charge on any atom is 0.0549 e. The SMILES string of the molecule is CCCCCCCC(O)CCC#Cc1ccccc1. The lowest BCUT2D eigenvalue weighted by atomic mass is 10.0. The molecule has 0 aliphatic carbocycles. The van der Waals surface area contributed by atoms with Crippen LogP contribution in [0.25, 0.3) is 0 Å². The lowest BCUT2D eigenvalue weighted by Crippen LogP contribution is -2.05. The Morgan fingerprint density at radius 3 is 2.47 bits per heavy atom. The van der Waals surface area contributed by atoms with Gasteiger partial charge in [0.2, 0.25) is 0 Å². The van der Waals surface area contributed by atoms with Crippen molar-refractivity contribution in [2.75, 3.05) is 0 Å². The second-order valence-electron chi connectivity index (χ2n) is 5.06. The van der Waals surface area contributed by atoms with E-state index in [0.29, 0.717) is 0 Å². The topological polar surface area (TPSA) is 20.2 Å². The molecule has 0 aliphatic heterocycles. The van der Waals surface area contributed by atoms with Gasteiger partial charge in [-0.05, 0) is 25.0 Å². The Balaban J connectivity index is 2.07. The van der Waals surface area contributed by atoms with Crippen molar-refractivity contribution >= 4 is 0 Å². The quantitative estimate of drug-likeness (QED) is 0.536. The molecule has 0 aliphatic rings. The van der Waals surface area contributed by atoms with E-state index in [1.54, 1.807) is 0 Å². The zero-order chi connectivity index (χ0) is 13.8. The Hall–Kier alpha value is -1.26. The van der Waals surface area contributed by atoms with Crippen molar-refractivity contribution in [1.29, 1.82) is 0 Å². The number of unbranched alkanes of at least 4 members (excludes halogenated alkanes) is 4. The van der Waals surface area contributed by atoms with E-state index in [2.05, 4.69) is 18.8 Å². The molecule has 1 nitrogen and oxygen atoms in total. The van der Waals surface area contributed by atoms with E-state index in [1.807, 2.05) is 30.3 Å². The summed E-state index contributed by atoms with van der Waals surface area (Å²) < 4.78 is 0. The van der Waals surface area contributed by atoms with Crippen LogP contribution in [0.2, 0.25) is 0 Å². The fraction of sp³-hybridized carbons (Fsp3) is 0.556. The molecule has 0 bridgehead atoms. The molecule has 0 amide bonds. The summed E-state index contributed by atoms with van der Waals surface area (Å²) in [6.45, 7) is 2.22. The van der Waals surface area contributed by atoms with Gasteiger partial charge in [0.25, 0.3) is 0 Å². The predicted octanol–water partition coefficient (Wildman–Crippen LogP) is 4.54. The largest absolute Gasteiger partial charge is 0.393 e. The number of rotatable bonds is 8. The summed E-state index contributed by atoms with van der Waals surface area (Å²) in [4.78, 5) is 0. The van der Waals surface area contributed by atoms with Crippen LogP contribution in [0.4, 0.5) is 0 Å². The molecule has 0 saturated heterocycles. The Kier molecular flexibility index (Phi) is 8.85. The summed E-state index contributed by atoms with van der Waals surface area (Å²) >= 11 is 0. The Morgan fingerprint density at radius 2 is 1.74 bits per heavy atom. The highest BCUT2D eigenvalue weighted by Gasteiger charge is 2.02. The summed E-state index contributed by atoms with van der Waals surface area (Å²) in [5, 5.41) is 9.84. The van der Waals surface area contributed by atoms with E-state index in [9.17, 15) is 5.11 Å². The molecular weight excluding hydrogens is 232 g/mol. The molecule has 1 rings (SSSR count). The van der Waals surface area contributed by atoms with Gasteiger partial charge in [0, 0.05) is 12.0 Å². The first-order chi connectivity index (χ1) is 9.33. The summed E-state index contributed by atoms with van der Waals surface area (Å²) in [7, 11) is 0. The smallest absolute Gasteiger partial charge is 0.0549 e. The van der Waals surface area contributed by atoms with Crippen molar-refractivity contribution < 1.29 is 5.11 Å². The van der Waals surface area contributed by atoms with Gasteiger partial charge in [-0.1, -0.05) is 69.1 Å². The molecule has 1 aromatic carbocycles. The molecular formula is C18H26O. The Morgan fingerprint density at radius 1 is 1.00 bits per heavy atom. The van der Waals surface area contributed by atoms with Crippen molar-refractivity contribution in [3.63, 3.8) is 0 Å². The van der Waals surface area contributed by atoms with Crippen LogP contribution in [0.3, 0.4) is 0 Å². The normalized spacial score (nSPS) is 11.7. The summed E-state index contributed by atoms with van der Waals surface area (Å²) in [6.07, 6.45) is 8.63. The highest BCUT2D eigenvalue weighted by molar-refractivity contribution is 5.33. The van der Waals surface area contributed by atoms with Crippen LogP contribution in [0.5, 0.6) is 0 Å². The summed E-state index contributed by atoms with van der Waals surface area (Å²) in [5.74, 6) is 6.26. The molecule has 0 heterocycles. The van der Waals surface area contributed by atoms with E-state index < -0.39 is 0 Å². The lowest BCUT2D eigenvalue weighted by Gasteiger charge is -2.07. The first kappa shape index (κ1) is 15.8. The third kappa shape index (κ3) is 8.46. The fourth-order valence-electron chi connectivity index (χ4n) is 2.05. The molecule has 0 saturated carbocycles. The maximum atomic E-state index is 9.84. The molecule has 0 aromatic heterocycles. The van der Waals surface area contributed by atoms with Gasteiger partial charge < -0.3 is 5.11 Å². The first-order valence-electron chi connectivity index (χ1n) is 7.55. The van der Waals surface area contributed by atoms with Crippen molar-refractivity contribution in [1.82, 2.24) is 0 Å². The van der Waals surface area contributed by atoms with Crippen molar-refractivity contribution in [2.45, 2.75) is 64.4 Å². The van der Waals surface area contributed by atoms with Gasteiger partial charge in [-0.3, -0.25) is 0 Å². The molecule has 0 fully saturated rings. The van der Waals surface area contributed by atoms with Gasteiger partial charge in [0.1, 0.15) is 0 Å². The van der Waals surface area contributed by atoms with Crippen LogP contribution in [0.1, 0.15) is 63.9 Å². The average Bonchev–Trinajstić information content (AvgIpc) is 2.44. The molecule has 1 heteroatoms. The van der Waals surface area contributed by atoms with Crippen molar-refractivity contribution in [3.05, 3.63) is 35.9 Å². The van der Waals surface area contributed by atoms with Gasteiger partial charge in [0.05, 0.1) is 6.10 Å². The minimum Gasteiger partial charge on any atom is -0.393 e. The molecule has 1 atom stereocenters. The van der Waals surface area contributed by atoms with E-state index in [4.69, 9.17) is 0 Å². The maximum absolute atomic E-state index is 9.84. The zero-order valence-corrected chi connectivity index (χ0v) is 12.1. The lowest BCUT2D eigenvalue weighted by molar-refractivity contribution is 0.152. The van der Waals surface area contributed by atoms with E-state index in [-0.39, 0.29) is 6.10 Å². The molecule has 19 heavy (non-hydrogen) atoms. The molecule has 1 aromatic rings. The van der Waals surface area contributed by atoms with Crippen LogP contribution in [0, 0.1) is 11.8 Å². The molecule has 1 unspecified atom stereocenters. The average molecular weight is 258 g/mol.